The number of anilines is 2. The van der Waals surface area contributed by atoms with Gasteiger partial charge in [-0.1, -0.05) is 0 Å². The number of benzene rings is 2. The largest absolute Gasteiger partial charge is 0.444 e. The average Bonchev–Trinajstić information content (AvgIpc) is 3.89. The molecule has 2 saturated heterocycles. The van der Waals surface area contributed by atoms with Gasteiger partial charge in [0.05, 0.1) is 28.5 Å². The van der Waals surface area contributed by atoms with Gasteiger partial charge in [-0.2, -0.15) is 36.9 Å². The SMILES string of the molecule is C[C@H](NC(=O)c1cnc(C#N)c(-c2cc(F)cc(F)c2)c1N1CC[C@H](N)C1)C(F)(F)F.C[C@H](NC(=O)c1cnc(C#N)c(-c2cc(F)cc(F)c2)c1N1CC[C@H](NC(=O)OC(C)(C)C)C1)C(F)(F)F. The molecule has 2 aromatic carbocycles. The van der Waals surface area contributed by atoms with E-state index in [-0.39, 0.29) is 81.8 Å². The number of alkyl halides is 6. The fourth-order valence-electron chi connectivity index (χ4n) is 7.36. The van der Waals surface area contributed by atoms with Gasteiger partial charge in [-0.3, -0.25) is 9.59 Å². The van der Waals surface area contributed by atoms with Crippen LogP contribution in [0.2, 0.25) is 0 Å². The molecule has 2 aromatic heterocycles. The number of pyridine rings is 2. The summed E-state index contributed by atoms with van der Waals surface area (Å²) >= 11 is 0. The second-order valence-corrected chi connectivity index (χ2v) is 17.1. The number of ether oxygens (including phenoxy) is 1. The van der Waals surface area contributed by atoms with Crippen molar-refractivity contribution in [1.82, 2.24) is 25.9 Å². The van der Waals surface area contributed by atoms with Crippen molar-refractivity contribution in [2.24, 2.45) is 5.73 Å². The van der Waals surface area contributed by atoms with E-state index in [1.807, 2.05) is 22.8 Å². The Hall–Kier alpha value is -7.21. The molecule has 4 aromatic rings. The molecule has 2 fully saturated rings. The standard InChI is InChI=1S/C25H26F5N5O3.C20H18F5N5O/c1-13(25(28,29)30)33-22(36)18-11-32-19(10-31)20(14-7-15(26)9-16(27)8-14)21(18)35-6-5-17(12-35)34-23(37)38-24(2,3)4;1-10(20(23,24)25)29-19(31)15-8-28-16(7-26)17(11-4-12(21)6-13(22)5-11)18(15)30-3-2-14(27)9-30/h7-9,11,13,17H,5-6,12H2,1-4H3,(H,33,36)(H,34,37);4-6,8,10,14H,2-3,9,27H2,1H3,(H,29,31)/t13-,17-;10-,14-/m00/s1. The maximum absolute atomic E-state index is 14.1. The van der Waals surface area contributed by atoms with Crippen molar-refractivity contribution in [3.05, 3.63) is 94.6 Å². The van der Waals surface area contributed by atoms with E-state index in [2.05, 4.69) is 15.3 Å². The predicted octanol–water partition coefficient (Wildman–Crippen LogP) is 7.80. The van der Waals surface area contributed by atoms with E-state index in [0.29, 0.717) is 31.5 Å². The van der Waals surface area contributed by atoms with Crippen molar-refractivity contribution in [2.45, 2.75) is 89.6 Å². The topological polar surface area (TPSA) is 202 Å². The summed E-state index contributed by atoms with van der Waals surface area (Å²) in [7, 11) is 0. The van der Waals surface area contributed by atoms with Crippen LogP contribution in [0, 0.1) is 45.9 Å². The zero-order chi connectivity index (χ0) is 51.3. The zero-order valence-electron chi connectivity index (χ0n) is 37.3. The Kier molecular flexibility index (Phi) is 16.0. The molecule has 14 nitrogen and oxygen atoms in total. The Labute approximate surface area is 388 Å². The van der Waals surface area contributed by atoms with Gasteiger partial charge in [0, 0.05) is 67.9 Å². The van der Waals surface area contributed by atoms with Gasteiger partial charge < -0.3 is 36.2 Å². The summed E-state index contributed by atoms with van der Waals surface area (Å²) in [6.07, 6.45) is -7.32. The van der Waals surface area contributed by atoms with Crippen LogP contribution in [0.1, 0.15) is 79.6 Å². The smallest absolute Gasteiger partial charge is 0.408 e. The van der Waals surface area contributed by atoms with Crippen LogP contribution in [0.3, 0.4) is 0 Å². The molecule has 0 bridgehead atoms. The molecule has 0 saturated carbocycles. The summed E-state index contributed by atoms with van der Waals surface area (Å²) in [5.74, 6) is -6.03. The molecule has 69 heavy (non-hydrogen) atoms. The highest BCUT2D eigenvalue weighted by atomic mass is 19.4. The normalized spacial score (nSPS) is 16.9. The minimum atomic E-state index is -4.74. The molecule has 6 rings (SSSR count). The summed E-state index contributed by atoms with van der Waals surface area (Å²) in [5.41, 5.74) is 3.68. The molecule has 5 N–H and O–H groups in total. The molecular formula is C45H44F10N10O4. The van der Waals surface area contributed by atoms with Crippen LogP contribution in [0.5, 0.6) is 0 Å². The summed E-state index contributed by atoms with van der Waals surface area (Å²) in [6.45, 7) is 7.41. The first-order valence-electron chi connectivity index (χ1n) is 20.9. The zero-order valence-corrected chi connectivity index (χ0v) is 37.3. The van der Waals surface area contributed by atoms with E-state index in [0.717, 1.165) is 50.5 Å². The first kappa shape index (κ1) is 52.8. The number of carbonyl (C=O) groups is 3. The molecule has 0 spiro atoms. The molecule has 24 heteroatoms. The third kappa shape index (κ3) is 13.3. The highest BCUT2D eigenvalue weighted by molar-refractivity contribution is 6.05. The number of aromatic nitrogens is 2. The maximum atomic E-state index is 14.1. The van der Waals surface area contributed by atoms with Gasteiger partial charge in [-0.25, -0.2) is 32.3 Å². The Morgan fingerprint density at radius 3 is 1.43 bits per heavy atom. The van der Waals surface area contributed by atoms with Crippen molar-refractivity contribution in [3.8, 4) is 34.4 Å². The van der Waals surface area contributed by atoms with Crippen molar-refractivity contribution >= 4 is 29.3 Å². The van der Waals surface area contributed by atoms with E-state index in [1.165, 1.54) is 0 Å². The molecule has 0 aliphatic carbocycles. The third-order valence-corrected chi connectivity index (χ3v) is 10.5. The van der Waals surface area contributed by atoms with Crippen molar-refractivity contribution < 1.29 is 63.0 Å². The number of hydrogen-bond acceptors (Lipinski definition) is 11. The van der Waals surface area contributed by atoms with Crippen LogP contribution in [0.4, 0.5) is 60.1 Å². The molecule has 2 aliphatic rings. The van der Waals surface area contributed by atoms with Gasteiger partial charge in [0.1, 0.15) is 64.5 Å². The minimum absolute atomic E-state index is 0.0399. The third-order valence-electron chi connectivity index (χ3n) is 10.5. The Morgan fingerprint density at radius 2 is 1.09 bits per heavy atom. The second-order valence-electron chi connectivity index (χ2n) is 17.1. The lowest BCUT2D eigenvalue weighted by Gasteiger charge is -2.27. The fourth-order valence-corrected chi connectivity index (χ4v) is 7.36. The number of halogens is 10. The van der Waals surface area contributed by atoms with Crippen LogP contribution in [-0.2, 0) is 4.74 Å². The van der Waals surface area contributed by atoms with Crippen LogP contribution in [0.15, 0.2) is 48.8 Å². The molecule has 0 unspecified atom stereocenters. The van der Waals surface area contributed by atoms with Gasteiger partial charge in [-0.15, -0.1) is 0 Å². The number of carbonyl (C=O) groups excluding carboxylic acids is 3. The lowest BCUT2D eigenvalue weighted by molar-refractivity contribution is -0.149. The van der Waals surface area contributed by atoms with Gasteiger partial charge in [-0.05, 0) is 82.9 Å². The van der Waals surface area contributed by atoms with Crippen molar-refractivity contribution in [2.75, 3.05) is 36.0 Å². The number of nitriles is 2. The Morgan fingerprint density at radius 1 is 0.696 bits per heavy atom. The predicted molar refractivity (Wildman–Crippen MR) is 229 cm³/mol. The number of rotatable bonds is 9. The lowest BCUT2D eigenvalue weighted by atomic mass is 9.97. The van der Waals surface area contributed by atoms with Crippen LogP contribution < -0.4 is 31.5 Å². The monoisotopic (exact) mass is 978 g/mol. The first-order valence-corrected chi connectivity index (χ1v) is 20.9. The highest BCUT2D eigenvalue weighted by Gasteiger charge is 2.40. The molecular weight excluding hydrogens is 935 g/mol. The summed E-state index contributed by atoms with van der Waals surface area (Å²) in [5, 5.41) is 25.6. The quantitative estimate of drug-likeness (QED) is 0.119. The molecule has 4 atom stereocenters. The van der Waals surface area contributed by atoms with E-state index in [4.69, 9.17) is 10.5 Å². The Bertz CT molecular complexity index is 2640. The van der Waals surface area contributed by atoms with Crippen LogP contribution >= 0.6 is 0 Å². The number of amides is 3. The number of nitrogens with zero attached hydrogens (tertiary/aromatic N) is 6. The lowest BCUT2D eigenvalue weighted by Crippen LogP contribution is -2.44. The summed E-state index contributed by atoms with van der Waals surface area (Å²) < 4.78 is 140. The second kappa shape index (κ2) is 21.0. The highest BCUT2D eigenvalue weighted by Crippen LogP contribution is 2.40. The number of nitrogens with one attached hydrogen (secondary N) is 3. The first-order chi connectivity index (χ1) is 32.1. The number of hydrogen-bond donors (Lipinski definition) is 4. The van der Waals surface area contributed by atoms with Gasteiger partial charge in [0.25, 0.3) is 11.8 Å². The Balaban J connectivity index is 0.000000263. The fraction of sp³-hybridized carbons (Fsp3) is 0.400. The minimum Gasteiger partial charge on any atom is -0.444 e. The van der Waals surface area contributed by atoms with Crippen molar-refractivity contribution in [1.29, 1.82) is 10.5 Å². The number of alkyl carbamates (subject to hydrolysis) is 1. The summed E-state index contributed by atoms with van der Waals surface area (Å²) in [6, 6.07) is 3.49. The molecule has 368 valence electrons. The van der Waals surface area contributed by atoms with E-state index < -0.39 is 77.3 Å². The molecule has 4 heterocycles. The molecule has 3 amide bonds. The maximum Gasteiger partial charge on any atom is 0.408 e. The van der Waals surface area contributed by atoms with Gasteiger partial charge in [0.15, 0.2) is 0 Å². The summed E-state index contributed by atoms with van der Waals surface area (Å²) in [4.78, 5) is 48.9. The van der Waals surface area contributed by atoms with Crippen LogP contribution in [-0.4, -0.2) is 96.2 Å². The molecule has 0 radical (unpaired) electrons. The van der Waals surface area contributed by atoms with E-state index >= 15 is 0 Å². The van der Waals surface area contributed by atoms with Gasteiger partial charge >= 0.3 is 18.4 Å². The van der Waals surface area contributed by atoms with Gasteiger partial charge in [0.2, 0.25) is 0 Å². The van der Waals surface area contributed by atoms with Crippen LogP contribution in [0.25, 0.3) is 22.3 Å². The van der Waals surface area contributed by atoms with E-state index in [9.17, 15) is 68.8 Å². The van der Waals surface area contributed by atoms with Crippen molar-refractivity contribution in [3.63, 3.8) is 0 Å². The number of nitrogens with two attached hydrogens (primary N) is 1. The van der Waals surface area contributed by atoms with E-state index in [1.54, 1.807) is 30.6 Å². The average molecular weight is 979 g/mol. The molecule has 2 aliphatic heterocycles.